The van der Waals surface area contributed by atoms with Crippen LogP contribution in [0.5, 0.6) is 0 Å². The van der Waals surface area contributed by atoms with Crippen LogP contribution in [0.1, 0.15) is 36.0 Å². The van der Waals surface area contributed by atoms with Crippen molar-refractivity contribution in [3.05, 3.63) is 59.7 Å². The minimum absolute atomic E-state index is 0.000543. The van der Waals surface area contributed by atoms with Crippen molar-refractivity contribution in [3.8, 4) is 11.1 Å². The Morgan fingerprint density at radius 2 is 1.67 bits per heavy atom. The molecule has 0 spiro atoms. The fourth-order valence-corrected chi connectivity index (χ4v) is 3.26. The van der Waals surface area contributed by atoms with E-state index in [1.807, 2.05) is 0 Å². The number of nitrogens with one attached hydrogen (secondary N) is 1. The second-order valence-electron chi connectivity index (χ2n) is 6.35. The third-order valence-corrected chi connectivity index (χ3v) is 4.72. The van der Waals surface area contributed by atoms with Gasteiger partial charge < -0.3 is 11.1 Å². The molecule has 2 aromatic carbocycles. The van der Waals surface area contributed by atoms with Crippen LogP contribution in [0.2, 0.25) is 0 Å². The van der Waals surface area contributed by atoms with Crippen LogP contribution < -0.4 is 11.1 Å². The first-order chi connectivity index (χ1) is 11.5. The van der Waals surface area contributed by atoms with E-state index in [1.54, 1.807) is 18.2 Å². The highest BCUT2D eigenvalue weighted by atomic mass is 19.1. The van der Waals surface area contributed by atoms with Gasteiger partial charge in [-0.15, -0.1) is 0 Å². The Morgan fingerprint density at radius 1 is 1.04 bits per heavy atom. The van der Waals surface area contributed by atoms with Crippen LogP contribution in [-0.2, 0) is 0 Å². The number of carbonyl (C=O) groups excluding carboxylic acids is 1. The van der Waals surface area contributed by atoms with Crippen molar-refractivity contribution >= 4 is 5.91 Å². The number of hydrogen-bond acceptors (Lipinski definition) is 2. The maximum Gasteiger partial charge on any atom is 0.254 e. The smallest absolute Gasteiger partial charge is 0.254 e. The molecule has 1 saturated carbocycles. The molecule has 2 aromatic rings. The summed E-state index contributed by atoms with van der Waals surface area (Å²) in [7, 11) is 0. The topological polar surface area (TPSA) is 55.1 Å². The highest BCUT2D eigenvalue weighted by molar-refractivity contribution is 5.95. The fourth-order valence-electron chi connectivity index (χ4n) is 3.26. The SMILES string of the molecule is NCC1(NC(=O)c2ccc(-c3ccc(F)cc3)cc2F)CCCC1. The molecule has 1 aliphatic carbocycles. The summed E-state index contributed by atoms with van der Waals surface area (Å²) in [5, 5.41) is 2.91. The number of benzene rings is 2. The maximum absolute atomic E-state index is 14.4. The molecule has 0 bridgehead atoms. The average molecular weight is 330 g/mol. The summed E-state index contributed by atoms with van der Waals surface area (Å²) in [6, 6.07) is 10.2. The van der Waals surface area contributed by atoms with Crippen LogP contribution >= 0.6 is 0 Å². The van der Waals surface area contributed by atoms with E-state index in [4.69, 9.17) is 5.73 Å². The first-order valence-corrected chi connectivity index (χ1v) is 8.11. The van der Waals surface area contributed by atoms with Crippen molar-refractivity contribution in [1.29, 1.82) is 0 Å². The fraction of sp³-hybridized carbons (Fsp3) is 0.316. The Bertz CT molecular complexity index is 738. The molecular weight excluding hydrogens is 310 g/mol. The molecule has 0 aliphatic heterocycles. The van der Waals surface area contributed by atoms with Gasteiger partial charge in [0.15, 0.2) is 0 Å². The van der Waals surface area contributed by atoms with Crippen molar-refractivity contribution in [3.63, 3.8) is 0 Å². The summed E-state index contributed by atoms with van der Waals surface area (Å²) in [6.07, 6.45) is 3.68. The highest BCUT2D eigenvalue weighted by Crippen LogP contribution is 2.29. The summed E-state index contributed by atoms with van der Waals surface area (Å²) < 4.78 is 27.4. The van der Waals surface area contributed by atoms with E-state index in [2.05, 4.69) is 5.32 Å². The average Bonchev–Trinajstić information content (AvgIpc) is 3.04. The van der Waals surface area contributed by atoms with E-state index in [9.17, 15) is 13.6 Å². The molecule has 0 aromatic heterocycles. The number of hydrogen-bond donors (Lipinski definition) is 2. The Labute approximate surface area is 139 Å². The van der Waals surface area contributed by atoms with Crippen LogP contribution in [0.3, 0.4) is 0 Å². The van der Waals surface area contributed by atoms with E-state index in [0.29, 0.717) is 17.7 Å². The van der Waals surface area contributed by atoms with Crippen molar-refractivity contribution in [2.45, 2.75) is 31.2 Å². The molecule has 3 rings (SSSR count). The van der Waals surface area contributed by atoms with E-state index in [0.717, 1.165) is 25.7 Å². The second kappa shape index (κ2) is 6.69. The van der Waals surface area contributed by atoms with Crippen LogP contribution in [0, 0.1) is 11.6 Å². The van der Waals surface area contributed by atoms with Crippen LogP contribution in [0.15, 0.2) is 42.5 Å². The molecular formula is C19H20F2N2O. The van der Waals surface area contributed by atoms with Gasteiger partial charge in [0.1, 0.15) is 11.6 Å². The summed E-state index contributed by atoms with van der Waals surface area (Å²) in [5.74, 6) is -1.39. The monoisotopic (exact) mass is 330 g/mol. The molecule has 0 radical (unpaired) electrons. The maximum atomic E-state index is 14.4. The molecule has 3 N–H and O–H groups in total. The van der Waals surface area contributed by atoms with Gasteiger partial charge in [-0.25, -0.2) is 8.78 Å². The predicted octanol–water partition coefficient (Wildman–Crippen LogP) is 3.63. The molecule has 1 fully saturated rings. The van der Waals surface area contributed by atoms with Crippen molar-refractivity contribution in [2.75, 3.05) is 6.54 Å². The Balaban J connectivity index is 1.81. The Morgan fingerprint density at radius 3 is 2.25 bits per heavy atom. The lowest BCUT2D eigenvalue weighted by atomic mass is 9.96. The molecule has 0 heterocycles. The van der Waals surface area contributed by atoms with Gasteiger partial charge in [-0.05, 0) is 48.2 Å². The quantitative estimate of drug-likeness (QED) is 0.899. The van der Waals surface area contributed by atoms with Crippen molar-refractivity contribution < 1.29 is 13.6 Å². The highest BCUT2D eigenvalue weighted by Gasteiger charge is 2.34. The minimum Gasteiger partial charge on any atom is -0.345 e. The van der Waals surface area contributed by atoms with E-state index >= 15 is 0 Å². The lowest BCUT2D eigenvalue weighted by Gasteiger charge is -2.28. The number of amides is 1. The van der Waals surface area contributed by atoms with Crippen molar-refractivity contribution in [1.82, 2.24) is 5.32 Å². The van der Waals surface area contributed by atoms with E-state index in [-0.39, 0.29) is 11.4 Å². The van der Waals surface area contributed by atoms with E-state index < -0.39 is 17.3 Å². The van der Waals surface area contributed by atoms with Gasteiger partial charge in [0.25, 0.3) is 5.91 Å². The third-order valence-electron chi connectivity index (χ3n) is 4.72. The zero-order valence-electron chi connectivity index (χ0n) is 13.3. The Hall–Kier alpha value is -2.27. The summed E-state index contributed by atoms with van der Waals surface area (Å²) in [4.78, 5) is 12.4. The molecule has 3 nitrogen and oxygen atoms in total. The number of nitrogens with two attached hydrogens (primary N) is 1. The molecule has 126 valence electrons. The van der Waals surface area contributed by atoms with Gasteiger partial charge in [-0.2, -0.15) is 0 Å². The molecule has 0 atom stereocenters. The molecule has 0 saturated heterocycles. The van der Waals surface area contributed by atoms with Crippen LogP contribution in [-0.4, -0.2) is 18.0 Å². The Kier molecular flexibility index (Phi) is 4.62. The van der Waals surface area contributed by atoms with Crippen LogP contribution in [0.4, 0.5) is 8.78 Å². The number of carbonyl (C=O) groups is 1. The summed E-state index contributed by atoms with van der Waals surface area (Å²) in [5.41, 5.74) is 6.68. The normalized spacial score (nSPS) is 16.1. The van der Waals surface area contributed by atoms with Crippen molar-refractivity contribution in [2.24, 2.45) is 5.73 Å². The van der Waals surface area contributed by atoms with Gasteiger partial charge in [0.05, 0.1) is 11.1 Å². The molecule has 24 heavy (non-hydrogen) atoms. The van der Waals surface area contributed by atoms with Gasteiger partial charge >= 0.3 is 0 Å². The van der Waals surface area contributed by atoms with Crippen LogP contribution in [0.25, 0.3) is 11.1 Å². The zero-order chi connectivity index (χ0) is 17.2. The van der Waals surface area contributed by atoms with Gasteiger partial charge in [-0.1, -0.05) is 31.0 Å². The zero-order valence-corrected chi connectivity index (χ0v) is 13.3. The van der Waals surface area contributed by atoms with Gasteiger partial charge in [0, 0.05) is 6.54 Å². The molecule has 0 unspecified atom stereocenters. The summed E-state index contributed by atoms with van der Waals surface area (Å²) >= 11 is 0. The van der Waals surface area contributed by atoms with Gasteiger partial charge in [-0.3, -0.25) is 4.79 Å². The molecule has 1 amide bonds. The second-order valence-corrected chi connectivity index (χ2v) is 6.35. The van der Waals surface area contributed by atoms with E-state index in [1.165, 1.54) is 24.3 Å². The lowest BCUT2D eigenvalue weighted by molar-refractivity contribution is 0.0899. The predicted molar refractivity (Wildman–Crippen MR) is 89.5 cm³/mol. The van der Waals surface area contributed by atoms with Gasteiger partial charge in [0.2, 0.25) is 0 Å². The largest absolute Gasteiger partial charge is 0.345 e. The minimum atomic E-state index is -0.598. The third kappa shape index (κ3) is 3.31. The molecule has 1 aliphatic rings. The first-order valence-electron chi connectivity index (χ1n) is 8.11. The summed E-state index contributed by atoms with van der Waals surface area (Å²) in [6.45, 7) is 0.355. The first kappa shape index (κ1) is 16.6. The standard InChI is InChI=1S/C19H20F2N2O/c20-15-6-3-13(4-7-15)14-5-8-16(17(21)11-14)18(24)23-19(12-22)9-1-2-10-19/h3-8,11H,1-2,9-10,12,22H2,(H,23,24). The number of rotatable bonds is 4. The lowest BCUT2D eigenvalue weighted by Crippen LogP contribution is -2.51. The number of halogens is 2. The molecule has 5 heteroatoms.